The first-order valence-corrected chi connectivity index (χ1v) is 10.9. The molecule has 144 valence electrons. The SMILES string of the molecule is O=S(=O)(Nc1ccc2[nH]c(O)c(-c3nc4ccccc4s3)c2c1)c1cccnc1. The Morgan fingerprint density at radius 1 is 1.07 bits per heavy atom. The van der Waals surface area contributed by atoms with E-state index in [1.54, 1.807) is 24.3 Å². The molecule has 3 aromatic heterocycles. The number of anilines is 1. The first kappa shape index (κ1) is 17.7. The normalized spacial score (nSPS) is 11.9. The third kappa shape index (κ3) is 3.10. The lowest BCUT2D eigenvalue weighted by Crippen LogP contribution is -2.12. The second kappa shape index (κ2) is 6.57. The maximum absolute atomic E-state index is 12.6. The number of nitrogens with one attached hydrogen (secondary N) is 2. The summed E-state index contributed by atoms with van der Waals surface area (Å²) in [6.07, 6.45) is 2.80. The van der Waals surface area contributed by atoms with E-state index >= 15 is 0 Å². The van der Waals surface area contributed by atoms with E-state index in [-0.39, 0.29) is 10.8 Å². The molecule has 3 heterocycles. The zero-order valence-electron chi connectivity index (χ0n) is 14.8. The Morgan fingerprint density at radius 3 is 2.72 bits per heavy atom. The fourth-order valence-electron chi connectivity index (χ4n) is 3.16. The maximum Gasteiger partial charge on any atom is 0.263 e. The van der Waals surface area contributed by atoms with Crippen LogP contribution in [0.3, 0.4) is 0 Å². The Kier molecular flexibility index (Phi) is 4.00. The topological polar surface area (TPSA) is 108 Å². The number of aromatic nitrogens is 3. The van der Waals surface area contributed by atoms with Crippen LogP contribution in [0.15, 0.2) is 71.9 Å². The number of thiazole rings is 1. The standard InChI is InChI=1S/C20H14N4O3S2/c25-19-18(20-23-16-5-1-2-6-17(16)28-20)14-10-12(7-8-15(14)22-19)24-29(26,27)13-4-3-9-21-11-13/h1-11,22,24-25H. The quantitative estimate of drug-likeness (QED) is 0.399. The first-order chi connectivity index (χ1) is 14.0. The van der Waals surface area contributed by atoms with Gasteiger partial charge in [-0.3, -0.25) is 9.71 Å². The Balaban J connectivity index is 1.61. The molecule has 3 N–H and O–H groups in total. The molecule has 5 aromatic rings. The highest BCUT2D eigenvalue weighted by Crippen LogP contribution is 2.41. The van der Waals surface area contributed by atoms with Crippen LogP contribution >= 0.6 is 11.3 Å². The second-order valence-electron chi connectivity index (χ2n) is 6.39. The van der Waals surface area contributed by atoms with E-state index in [0.29, 0.717) is 27.2 Å². The van der Waals surface area contributed by atoms with E-state index in [4.69, 9.17) is 0 Å². The van der Waals surface area contributed by atoms with Crippen LogP contribution in [0.5, 0.6) is 5.88 Å². The number of fused-ring (bicyclic) bond motifs is 2. The van der Waals surface area contributed by atoms with Gasteiger partial charge in [0.2, 0.25) is 0 Å². The number of H-pyrrole nitrogens is 1. The zero-order chi connectivity index (χ0) is 20.0. The fraction of sp³-hybridized carbons (Fsp3) is 0. The minimum Gasteiger partial charge on any atom is -0.494 e. The van der Waals surface area contributed by atoms with Crippen LogP contribution < -0.4 is 4.72 Å². The summed E-state index contributed by atoms with van der Waals surface area (Å²) < 4.78 is 28.8. The predicted octanol–water partition coefficient (Wildman–Crippen LogP) is 4.35. The Labute approximate surface area is 169 Å². The second-order valence-corrected chi connectivity index (χ2v) is 9.10. The van der Waals surface area contributed by atoms with Gasteiger partial charge in [0.1, 0.15) is 9.90 Å². The van der Waals surface area contributed by atoms with Crippen molar-refractivity contribution in [3.05, 3.63) is 67.0 Å². The molecule has 5 rings (SSSR count). The summed E-state index contributed by atoms with van der Waals surface area (Å²) in [5, 5.41) is 11.8. The molecule has 0 fully saturated rings. The van der Waals surface area contributed by atoms with Gasteiger partial charge in [-0.15, -0.1) is 11.3 Å². The lowest BCUT2D eigenvalue weighted by atomic mass is 10.1. The highest BCUT2D eigenvalue weighted by molar-refractivity contribution is 7.92. The van der Waals surface area contributed by atoms with Crippen LogP contribution in [-0.4, -0.2) is 28.5 Å². The molecule has 0 atom stereocenters. The molecule has 7 nitrogen and oxygen atoms in total. The van der Waals surface area contributed by atoms with Gasteiger partial charge in [0.05, 0.1) is 15.8 Å². The highest BCUT2D eigenvalue weighted by Gasteiger charge is 2.19. The summed E-state index contributed by atoms with van der Waals surface area (Å²) in [7, 11) is -3.77. The van der Waals surface area contributed by atoms with Crippen LogP contribution in [0, 0.1) is 0 Å². The molecule has 0 bridgehead atoms. The molecule has 9 heteroatoms. The van der Waals surface area contributed by atoms with Crippen LogP contribution in [0.2, 0.25) is 0 Å². The van der Waals surface area contributed by atoms with E-state index in [9.17, 15) is 13.5 Å². The molecule has 0 spiro atoms. The average molecular weight is 422 g/mol. The number of rotatable bonds is 4. The maximum atomic E-state index is 12.6. The third-order valence-corrected chi connectivity index (χ3v) is 6.90. The summed E-state index contributed by atoms with van der Waals surface area (Å²) in [6.45, 7) is 0. The number of benzene rings is 2. The van der Waals surface area contributed by atoms with Crippen molar-refractivity contribution in [3.8, 4) is 16.5 Å². The van der Waals surface area contributed by atoms with E-state index < -0.39 is 10.0 Å². The van der Waals surface area contributed by atoms with Gasteiger partial charge in [0.25, 0.3) is 10.0 Å². The van der Waals surface area contributed by atoms with Crippen LogP contribution in [0.25, 0.3) is 31.7 Å². The monoisotopic (exact) mass is 422 g/mol. The fourth-order valence-corrected chi connectivity index (χ4v) is 5.20. The number of aromatic amines is 1. The van der Waals surface area contributed by atoms with Gasteiger partial charge in [-0.2, -0.15) is 0 Å². The molecule has 0 saturated carbocycles. The minimum atomic E-state index is -3.77. The molecule has 2 aromatic carbocycles. The number of nitrogens with zero attached hydrogens (tertiary/aromatic N) is 2. The van der Waals surface area contributed by atoms with Crippen molar-refractivity contribution in [2.45, 2.75) is 4.90 Å². The number of para-hydroxylation sites is 1. The van der Waals surface area contributed by atoms with Crippen molar-refractivity contribution in [1.82, 2.24) is 15.0 Å². The number of aromatic hydroxyl groups is 1. The molecule has 0 aliphatic heterocycles. The van der Waals surface area contributed by atoms with Gasteiger partial charge >= 0.3 is 0 Å². The molecule has 29 heavy (non-hydrogen) atoms. The largest absolute Gasteiger partial charge is 0.494 e. The summed E-state index contributed by atoms with van der Waals surface area (Å²) in [6, 6.07) is 15.8. The smallest absolute Gasteiger partial charge is 0.263 e. The summed E-state index contributed by atoms with van der Waals surface area (Å²) in [4.78, 5) is 11.5. The number of hydrogen-bond donors (Lipinski definition) is 3. The van der Waals surface area contributed by atoms with Crippen molar-refractivity contribution in [1.29, 1.82) is 0 Å². The van der Waals surface area contributed by atoms with Gasteiger partial charge in [0, 0.05) is 29.0 Å². The first-order valence-electron chi connectivity index (χ1n) is 8.65. The van der Waals surface area contributed by atoms with Gasteiger partial charge in [-0.05, 0) is 42.5 Å². The van der Waals surface area contributed by atoms with E-state index in [2.05, 4.69) is 19.7 Å². The van der Waals surface area contributed by atoms with E-state index in [0.717, 1.165) is 10.2 Å². The number of pyridine rings is 1. The molecular weight excluding hydrogens is 408 g/mol. The summed E-state index contributed by atoms with van der Waals surface area (Å²) >= 11 is 1.46. The van der Waals surface area contributed by atoms with Crippen molar-refractivity contribution in [2.75, 3.05) is 4.72 Å². The van der Waals surface area contributed by atoms with Gasteiger partial charge in [-0.25, -0.2) is 13.4 Å². The lowest BCUT2D eigenvalue weighted by molar-refractivity contribution is 0.460. The van der Waals surface area contributed by atoms with Gasteiger partial charge in [0.15, 0.2) is 5.88 Å². The van der Waals surface area contributed by atoms with Crippen molar-refractivity contribution in [3.63, 3.8) is 0 Å². The summed E-state index contributed by atoms with van der Waals surface area (Å²) in [5.74, 6) is -0.00803. The molecule has 0 aliphatic rings. The van der Waals surface area contributed by atoms with Crippen molar-refractivity contribution < 1.29 is 13.5 Å². The highest BCUT2D eigenvalue weighted by atomic mass is 32.2. The van der Waals surface area contributed by atoms with Crippen molar-refractivity contribution in [2.24, 2.45) is 0 Å². The lowest BCUT2D eigenvalue weighted by Gasteiger charge is -2.08. The molecular formula is C20H14N4O3S2. The van der Waals surface area contributed by atoms with E-state index in [1.165, 1.54) is 29.8 Å². The van der Waals surface area contributed by atoms with Gasteiger partial charge < -0.3 is 10.1 Å². The zero-order valence-corrected chi connectivity index (χ0v) is 16.5. The molecule has 0 saturated heterocycles. The molecule has 0 unspecified atom stereocenters. The Bertz CT molecular complexity index is 1420. The van der Waals surface area contributed by atoms with Crippen LogP contribution in [-0.2, 0) is 10.0 Å². The van der Waals surface area contributed by atoms with Crippen LogP contribution in [0.1, 0.15) is 0 Å². The van der Waals surface area contributed by atoms with Crippen LogP contribution in [0.4, 0.5) is 5.69 Å². The predicted molar refractivity (Wildman–Crippen MR) is 114 cm³/mol. The molecule has 0 amide bonds. The Hall–Kier alpha value is -3.43. The molecule has 0 radical (unpaired) electrons. The number of sulfonamides is 1. The third-order valence-electron chi connectivity index (χ3n) is 4.48. The summed E-state index contributed by atoms with van der Waals surface area (Å²) in [5.41, 5.74) is 2.45. The molecule has 0 aliphatic carbocycles. The Morgan fingerprint density at radius 2 is 1.93 bits per heavy atom. The number of hydrogen-bond acceptors (Lipinski definition) is 6. The van der Waals surface area contributed by atoms with Crippen molar-refractivity contribution >= 4 is 48.2 Å². The average Bonchev–Trinajstić information content (AvgIpc) is 3.27. The van der Waals surface area contributed by atoms with E-state index in [1.807, 2.05) is 24.3 Å². The minimum absolute atomic E-state index is 0.00803. The van der Waals surface area contributed by atoms with Gasteiger partial charge in [-0.1, -0.05) is 12.1 Å².